The number of fused-ring (bicyclic) bond motifs is 1. The summed E-state index contributed by atoms with van der Waals surface area (Å²) in [6, 6.07) is 14.2. The van der Waals surface area contributed by atoms with Crippen LogP contribution in [0.5, 0.6) is 0 Å². The number of hydrogen-bond donors (Lipinski definition) is 1. The van der Waals surface area contributed by atoms with Gasteiger partial charge in [0, 0.05) is 36.8 Å². The molecule has 1 aliphatic rings. The molecule has 0 unspecified atom stereocenters. The summed E-state index contributed by atoms with van der Waals surface area (Å²) in [5.41, 5.74) is 2.85. The lowest BCUT2D eigenvalue weighted by molar-refractivity contribution is 0.0374. The van der Waals surface area contributed by atoms with E-state index in [1.165, 1.54) is 6.07 Å². The lowest BCUT2D eigenvalue weighted by Gasteiger charge is -2.26. The van der Waals surface area contributed by atoms with Crippen molar-refractivity contribution in [2.75, 3.05) is 39.4 Å². The van der Waals surface area contributed by atoms with Crippen LogP contribution in [0.15, 0.2) is 57.7 Å². The van der Waals surface area contributed by atoms with Crippen molar-refractivity contribution < 1.29 is 13.9 Å². The number of benzene rings is 2. The monoisotopic (exact) mass is 406 g/mol. The van der Waals surface area contributed by atoms with Crippen molar-refractivity contribution in [3.8, 4) is 11.3 Å². The van der Waals surface area contributed by atoms with Crippen molar-refractivity contribution >= 4 is 16.9 Å². The minimum absolute atomic E-state index is 0.0722. The summed E-state index contributed by atoms with van der Waals surface area (Å²) in [5.74, 6) is 0.396. The zero-order chi connectivity index (χ0) is 20.9. The molecule has 156 valence electrons. The van der Waals surface area contributed by atoms with Gasteiger partial charge in [0.25, 0.3) is 5.91 Å². The van der Waals surface area contributed by atoms with Gasteiger partial charge in [-0.15, -0.1) is 0 Å². The fraction of sp³-hybridized carbons (Fsp3) is 0.333. The molecule has 1 N–H and O–H groups in total. The summed E-state index contributed by atoms with van der Waals surface area (Å²) in [6.45, 7) is 7.03. The van der Waals surface area contributed by atoms with E-state index in [2.05, 4.69) is 10.2 Å². The van der Waals surface area contributed by atoms with E-state index in [1.54, 1.807) is 24.3 Å². The quantitative estimate of drug-likeness (QED) is 0.637. The molecule has 6 heteroatoms. The van der Waals surface area contributed by atoms with Crippen molar-refractivity contribution in [1.82, 2.24) is 10.2 Å². The molecule has 1 fully saturated rings. The second-order valence-electron chi connectivity index (χ2n) is 7.62. The summed E-state index contributed by atoms with van der Waals surface area (Å²) >= 11 is 0. The van der Waals surface area contributed by atoms with Gasteiger partial charge in [-0.3, -0.25) is 14.5 Å². The molecule has 0 atom stereocenters. The predicted molar refractivity (Wildman–Crippen MR) is 117 cm³/mol. The first-order valence-corrected chi connectivity index (χ1v) is 10.3. The van der Waals surface area contributed by atoms with Crippen LogP contribution < -0.4 is 10.7 Å². The highest BCUT2D eigenvalue weighted by atomic mass is 16.5. The normalized spacial score (nSPS) is 14.7. The Balaban J connectivity index is 1.37. The Hall–Kier alpha value is -2.96. The van der Waals surface area contributed by atoms with E-state index in [0.717, 1.165) is 50.4 Å². The molecule has 2 aromatic carbocycles. The third kappa shape index (κ3) is 4.78. The fourth-order valence-corrected chi connectivity index (χ4v) is 3.63. The van der Waals surface area contributed by atoms with Crippen LogP contribution in [0.3, 0.4) is 0 Å². The summed E-state index contributed by atoms with van der Waals surface area (Å²) in [5, 5.41) is 3.54. The number of carbonyl (C=O) groups is 1. The van der Waals surface area contributed by atoms with E-state index in [-0.39, 0.29) is 11.3 Å². The first-order chi connectivity index (χ1) is 14.6. The molecule has 1 aromatic heterocycles. The fourth-order valence-electron chi connectivity index (χ4n) is 3.63. The molecular weight excluding hydrogens is 380 g/mol. The maximum Gasteiger partial charge on any atom is 0.251 e. The van der Waals surface area contributed by atoms with Gasteiger partial charge in [0.2, 0.25) is 0 Å². The third-order valence-electron chi connectivity index (χ3n) is 5.35. The average molecular weight is 406 g/mol. The third-order valence-corrected chi connectivity index (χ3v) is 5.35. The first-order valence-electron chi connectivity index (χ1n) is 10.3. The average Bonchev–Trinajstić information content (AvgIpc) is 2.78. The second kappa shape index (κ2) is 9.24. The van der Waals surface area contributed by atoms with Gasteiger partial charge in [0.1, 0.15) is 11.3 Å². The van der Waals surface area contributed by atoms with Gasteiger partial charge in [0.05, 0.1) is 18.6 Å². The lowest BCUT2D eigenvalue weighted by atomic mass is 10.1. The molecule has 1 aliphatic heterocycles. The molecule has 1 saturated heterocycles. The summed E-state index contributed by atoms with van der Waals surface area (Å²) in [7, 11) is 0. The van der Waals surface area contributed by atoms with Gasteiger partial charge in [-0.25, -0.2) is 0 Å². The van der Waals surface area contributed by atoms with E-state index in [9.17, 15) is 9.59 Å². The number of hydrogen-bond acceptors (Lipinski definition) is 5. The standard InChI is InChI=1S/C24H26N2O4/c1-17-3-8-22-20(15-17)21(27)16-23(30-22)18-4-6-19(7-5-18)24(28)25-9-2-10-26-11-13-29-14-12-26/h3-8,15-16H,2,9-14H2,1H3,(H,25,28). The largest absolute Gasteiger partial charge is 0.456 e. The van der Waals surface area contributed by atoms with Crippen LogP contribution in [-0.2, 0) is 4.74 Å². The van der Waals surface area contributed by atoms with E-state index < -0.39 is 0 Å². The number of nitrogens with one attached hydrogen (secondary N) is 1. The topological polar surface area (TPSA) is 71.8 Å². The van der Waals surface area contributed by atoms with E-state index in [4.69, 9.17) is 9.15 Å². The minimum atomic E-state index is -0.0982. The summed E-state index contributed by atoms with van der Waals surface area (Å²) in [6.07, 6.45) is 0.908. The molecule has 0 aliphatic carbocycles. The molecule has 0 radical (unpaired) electrons. The lowest BCUT2D eigenvalue weighted by Crippen LogP contribution is -2.38. The van der Waals surface area contributed by atoms with Crippen molar-refractivity contribution in [3.05, 3.63) is 69.9 Å². The van der Waals surface area contributed by atoms with Crippen LogP contribution in [0.1, 0.15) is 22.3 Å². The molecule has 1 amide bonds. The second-order valence-corrected chi connectivity index (χ2v) is 7.62. The maximum atomic E-state index is 12.4. The Morgan fingerprint density at radius 3 is 2.60 bits per heavy atom. The Bertz CT molecular complexity index is 1080. The molecule has 4 rings (SSSR count). The van der Waals surface area contributed by atoms with Crippen LogP contribution in [0.25, 0.3) is 22.3 Å². The number of morpholine rings is 1. The van der Waals surface area contributed by atoms with Crippen LogP contribution >= 0.6 is 0 Å². The predicted octanol–water partition coefficient (Wildman–Crippen LogP) is 3.22. The van der Waals surface area contributed by atoms with Crippen LogP contribution in [0.2, 0.25) is 0 Å². The number of carbonyl (C=O) groups excluding carboxylic acids is 1. The molecule has 3 aromatic rings. The summed E-state index contributed by atoms with van der Waals surface area (Å²) in [4.78, 5) is 27.2. The van der Waals surface area contributed by atoms with Crippen molar-refractivity contribution in [2.45, 2.75) is 13.3 Å². The van der Waals surface area contributed by atoms with Crippen LogP contribution in [-0.4, -0.2) is 50.2 Å². The Morgan fingerprint density at radius 2 is 1.83 bits per heavy atom. The molecule has 30 heavy (non-hydrogen) atoms. The van der Waals surface area contributed by atoms with Gasteiger partial charge in [0.15, 0.2) is 5.43 Å². The van der Waals surface area contributed by atoms with E-state index in [1.807, 2.05) is 25.1 Å². The van der Waals surface area contributed by atoms with Gasteiger partial charge < -0.3 is 14.5 Å². The van der Waals surface area contributed by atoms with E-state index in [0.29, 0.717) is 28.8 Å². The molecule has 0 spiro atoms. The molecule has 0 saturated carbocycles. The number of rotatable bonds is 6. The highest BCUT2D eigenvalue weighted by Gasteiger charge is 2.11. The molecule has 6 nitrogen and oxygen atoms in total. The van der Waals surface area contributed by atoms with E-state index >= 15 is 0 Å². The number of amides is 1. The first kappa shape index (κ1) is 20.3. The maximum absolute atomic E-state index is 12.4. The zero-order valence-electron chi connectivity index (χ0n) is 17.1. The molecule has 0 bridgehead atoms. The number of ether oxygens (including phenoxy) is 1. The Labute approximate surface area is 175 Å². The van der Waals surface area contributed by atoms with Crippen LogP contribution in [0.4, 0.5) is 0 Å². The minimum Gasteiger partial charge on any atom is -0.456 e. The van der Waals surface area contributed by atoms with Gasteiger partial charge in [-0.1, -0.05) is 23.8 Å². The highest BCUT2D eigenvalue weighted by Crippen LogP contribution is 2.23. The van der Waals surface area contributed by atoms with Crippen LogP contribution in [0, 0.1) is 6.92 Å². The van der Waals surface area contributed by atoms with Crippen molar-refractivity contribution in [3.63, 3.8) is 0 Å². The van der Waals surface area contributed by atoms with Gasteiger partial charge >= 0.3 is 0 Å². The molecular formula is C24H26N2O4. The highest BCUT2D eigenvalue weighted by molar-refractivity contribution is 5.94. The Morgan fingerprint density at radius 1 is 1.07 bits per heavy atom. The Kier molecular flexibility index (Phi) is 6.26. The zero-order valence-corrected chi connectivity index (χ0v) is 17.1. The SMILES string of the molecule is Cc1ccc2oc(-c3ccc(C(=O)NCCCN4CCOCC4)cc3)cc(=O)c2c1. The number of aryl methyl sites for hydroxylation is 1. The number of nitrogens with zero attached hydrogens (tertiary/aromatic N) is 1. The summed E-state index contributed by atoms with van der Waals surface area (Å²) < 4.78 is 11.2. The van der Waals surface area contributed by atoms with Gasteiger partial charge in [-0.05, 0) is 44.2 Å². The molecule has 2 heterocycles. The van der Waals surface area contributed by atoms with Crippen molar-refractivity contribution in [2.24, 2.45) is 0 Å². The smallest absolute Gasteiger partial charge is 0.251 e. The van der Waals surface area contributed by atoms with Crippen molar-refractivity contribution in [1.29, 1.82) is 0 Å². The van der Waals surface area contributed by atoms with Gasteiger partial charge in [-0.2, -0.15) is 0 Å².